The Kier molecular flexibility index (Phi) is 2.97. The van der Waals surface area contributed by atoms with Gasteiger partial charge in [-0.2, -0.15) is 5.10 Å². The van der Waals surface area contributed by atoms with E-state index in [1.807, 2.05) is 4.68 Å². The molecule has 4 heteroatoms. The third kappa shape index (κ3) is 1.58. The zero-order chi connectivity index (χ0) is 13.7. The molecule has 0 aromatic carbocycles. The second kappa shape index (κ2) is 3.98. The van der Waals surface area contributed by atoms with Crippen LogP contribution in [0.15, 0.2) is 6.20 Å². The molecule has 1 fully saturated rings. The molecule has 0 radical (unpaired) electrons. The SMILES string of the molecule is CCn1ncc(OC)c1C(N)C1C(C)(C)C1(C)C. The highest BCUT2D eigenvalue weighted by atomic mass is 16.5. The van der Waals surface area contributed by atoms with Crippen LogP contribution in [0, 0.1) is 16.7 Å². The molecule has 1 aliphatic carbocycles. The number of aromatic nitrogens is 2. The van der Waals surface area contributed by atoms with Gasteiger partial charge in [0.15, 0.2) is 5.75 Å². The zero-order valence-electron chi connectivity index (χ0n) is 12.3. The summed E-state index contributed by atoms with van der Waals surface area (Å²) in [6.45, 7) is 12.0. The summed E-state index contributed by atoms with van der Waals surface area (Å²) in [7, 11) is 1.68. The number of hydrogen-bond acceptors (Lipinski definition) is 3. The van der Waals surface area contributed by atoms with E-state index >= 15 is 0 Å². The van der Waals surface area contributed by atoms with E-state index in [0.29, 0.717) is 5.92 Å². The van der Waals surface area contributed by atoms with Crippen molar-refractivity contribution in [2.24, 2.45) is 22.5 Å². The lowest BCUT2D eigenvalue weighted by Crippen LogP contribution is -2.21. The van der Waals surface area contributed by atoms with Crippen LogP contribution in [0.2, 0.25) is 0 Å². The average Bonchev–Trinajstić information content (AvgIpc) is 2.66. The number of nitrogens with two attached hydrogens (primary N) is 1. The van der Waals surface area contributed by atoms with E-state index in [2.05, 4.69) is 39.7 Å². The van der Waals surface area contributed by atoms with Crippen molar-refractivity contribution in [3.05, 3.63) is 11.9 Å². The quantitative estimate of drug-likeness (QED) is 0.895. The molecule has 0 bridgehead atoms. The van der Waals surface area contributed by atoms with Crippen LogP contribution < -0.4 is 10.5 Å². The third-order valence-corrected chi connectivity index (χ3v) is 5.17. The molecule has 1 aromatic heterocycles. The Morgan fingerprint density at radius 1 is 1.39 bits per heavy atom. The smallest absolute Gasteiger partial charge is 0.161 e. The van der Waals surface area contributed by atoms with E-state index in [9.17, 15) is 0 Å². The Balaban J connectivity index is 2.36. The fourth-order valence-electron chi connectivity index (χ4n) is 3.43. The van der Waals surface area contributed by atoms with Gasteiger partial charge in [0.1, 0.15) is 0 Å². The Bertz CT molecular complexity index is 412. The molecule has 1 atom stereocenters. The Morgan fingerprint density at radius 3 is 2.33 bits per heavy atom. The zero-order valence-corrected chi connectivity index (χ0v) is 12.3. The average molecular weight is 251 g/mol. The minimum absolute atomic E-state index is 0.0209. The maximum Gasteiger partial charge on any atom is 0.161 e. The maximum absolute atomic E-state index is 6.51. The van der Waals surface area contributed by atoms with Gasteiger partial charge in [0, 0.05) is 6.54 Å². The number of rotatable bonds is 4. The van der Waals surface area contributed by atoms with Crippen LogP contribution in [0.25, 0.3) is 0 Å². The van der Waals surface area contributed by atoms with Crippen molar-refractivity contribution in [2.75, 3.05) is 7.11 Å². The van der Waals surface area contributed by atoms with Gasteiger partial charge in [0.05, 0.1) is 25.0 Å². The summed E-state index contributed by atoms with van der Waals surface area (Å²) in [5.41, 5.74) is 8.07. The Morgan fingerprint density at radius 2 is 1.94 bits per heavy atom. The Labute approximate surface area is 110 Å². The first-order chi connectivity index (χ1) is 8.29. The van der Waals surface area contributed by atoms with Crippen LogP contribution in [0.4, 0.5) is 0 Å². The van der Waals surface area contributed by atoms with Crippen molar-refractivity contribution in [3.63, 3.8) is 0 Å². The molecule has 0 amide bonds. The van der Waals surface area contributed by atoms with E-state index in [4.69, 9.17) is 10.5 Å². The van der Waals surface area contributed by atoms with E-state index in [1.165, 1.54) is 0 Å². The van der Waals surface area contributed by atoms with Gasteiger partial charge in [0.2, 0.25) is 0 Å². The predicted molar refractivity (Wildman–Crippen MR) is 72.4 cm³/mol. The second-order valence-corrected chi connectivity index (χ2v) is 6.36. The molecule has 0 spiro atoms. The molecule has 18 heavy (non-hydrogen) atoms. The van der Waals surface area contributed by atoms with Crippen LogP contribution in [0.3, 0.4) is 0 Å². The number of nitrogens with zero attached hydrogens (tertiary/aromatic N) is 2. The maximum atomic E-state index is 6.51. The van der Waals surface area contributed by atoms with Crippen molar-refractivity contribution < 1.29 is 4.74 Å². The Hall–Kier alpha value is -1.03. The van der Waals surface area contributed by atoms with Crippen molar-refractivity contribution >= 4 is 0 Å². The summed E-state index contributed by atoms with van der Waals surface area (Å²) >= 11 is 0. The fraction of sp³-hybridized carbons (Fsp3) is 0.786. The van der Waals surface area contributed by atoms with Crippen molar-refractivity contribution in [1.29, 1.82) is 0 Å². The molecule has 1 saturated carbocycles. The molecule has 1 aromatic rings. The number of aryl methyl sites for hydroxylation is 1. The molecule has 2 N–H and O–H groups in total. The van der Waals surface area contributed by atoms with Crippen LogP contribution in [-0.4, -0.2) is 16.9 Å². The minimum atomic E-state index is -0.0209. The van der Waals surface area contributed by atoms with Gasteiger partial charge in [-0.15, -0.1) is 0 Å². The number of ether oxygens (including phenoxy) is 1. The standard InChI is InChI=1S/C14H25N3O/c1-7-17-11(9(18-6)8-16-17)10(15)12-13(2,3)14(12,4)5/h8,10,12H,7,15H2,1-6H3. The summed E-state index contributed by atoms with van der Waals surface area (Å²) in [6.07, 6.45) is 1.76. The first kappa shape index (κ1) is 13.4. The van der Waals surface area contributed by atoms with E-state index < -0.39 is 0 Å². The first-order valence-electron chi connectivity index (χ1n) is 6.64. The summed E-state index contributed by atoms with van der Waals surface area (Å²) in [5, 5.41) is 4.34. The molecule has 0 saturated heterocycles. The molecule has 2 rings (SSSR count). The molecule has 102 valence electrons. The van der Waals surface area contributed by atoms with E-state index in [-0.39, 0.29) is 16.9 Å². The van der Waals surface area contributed by atoms with Crippen LogP contribution in [0.1, 0.15) is 46.4 Å². The summed E-state index contributed by atoms with van der Waals surface area (Å²) < 4.78 is 7.35. The van der Waals surface area contributed by atoms with Gasteiger partial charge in [-0.25, -0.2) is 0 Å². The van der Waals surface area contributed by atoms with Gasteiger partial charge in [-0.05, 0) is 23.7 Å². The molecule has 1 aliphatic rings. The highest BCUT2D eigenvalue weighted by molar-refractivity contribution is 5.32. The molecule has 0 aliphatic heterocycles. The van der Waals surface area contributed by atoms with Crippen LogP contribution in [-0.2, 0) is 6.54 Å². The summed E-state index contributed by atoms with van der Waals surface area (Å²) in [4.78, 5) is 0. The monoisotopic (exact) mass is 251 g/mol. The number of methoxy groups -OCH3 is 1. The summed E-state index contributed by atoms with van der Waals surface area (Å²) in [6, 6.07) is -0.0209. The van der Waals surface area contributed by atoms with Gasteiger partial charge >= 0.3 is 0 Å². The largest absolute Gasteiger partial charge is 0.493 e. The van der Waals surface area contributed by atoms with Crippen LogP contribution >= 0.6 is 0 Å². The predicted octanol–water partition coefficient (Wildman–Crippen LogP) is 2.59. The highest BCUT2D eigenvalue weighted by Gasteiger charge is 2.67. The van der Waals surface area contributed by atoms with E-state index in [1.54, 1.807) is 13.3 Å². The lowest BCUT2D eigenvalue weighted by Gasteiger charge is -2.17. The topological polar surface area (TPSA) is 53.1 Å². The fourth-order valence-corrected chi connectivity index (χ4v) is 3.43. The van der Waals surface area contributed by atoms with Crippen molar-refractivity contribution in [3.8, 4) is 5.75 Å². The van der Waals surface area contributed by atoms with Crippen LogP contribution in [0.5, 0.6) is 5.75 Å². The summed E-state index contributed by atoms with van der Waals surface area (Å²) in [5.74, 6) is 1.27. The molecular formula is C14H25N3O. The van der Waals surface area contributed by atoms with Gasteiger partial charge in [-0.1, -0.05) is 27.7 Å². The molecule has 1 unspecified atom stereocenters. The third-order valence-electron chi connectivity index (χ3n) is 5.17. The second-order valence-electron chi connectivity index (χ2n) is 6.36. The normalized spacial score (nSPS) is 22.8. The lowest BCUT2D eigenvalue weighted by molar-refractivity contribution is 0.387. The molecule has 4 nitrogen and oxygen atoms in total. The van der Waals surface area contributed by atoms with Gasteiger partial charge < -0.3 is 10.5 Å². The number of hydrogen-bond donors (Lipinski definition) is 1. The molecule has 1 heterocycles. The minimum Gasteiger partial charge on any atom is -0.493 e. The van der Waals surface area contributed by atoms with Crippen molar-refractivity contribution in [1.82, 2.24) is 9.78 Å². The van der Waals surface area contributed by atoms with Gasteiger partial charge in [-0.3, -0.25) is 4.68 Å². The first-order valence-corrected chi connectivity index (χ1v) is 6.64. The van der Waals surface area contributed by atoms with Gasteiger partial charge in [0.25, 0.3) is 0 Å². The van der Waals surface area contributed by atoms with Crippen molar-refractivity contribution in [2.45, 2.75) is 47.2 Å². The highest BCUT2D eigenvalue weighted by Crippen LogP contribution is 2.72. The molecular weight excluding hydrogens is 226 g/mol. The van der Waals surface area contributed by atoms with E-state index in [0.717, 1.165) is 18.0 Å². The lowest BCUT2D eigenvalue weighted by atomic mass is 10.0.